The summed E-state index contributed by atoms with van der Waals surface area (Å²) in [4.78, 5) is 19.2. The Morgan fingerprint density at radius 1 is 0.960 bits per heavy atom. The third-order valence-electron chi connectivity index (χ3n) is 4.56. The summed E-state index contributed by atoms with van der Waals surface area (Å²) in [6.45, 7) is 17.6. The van der Waals surface area contributed by atoms with Crippen LogP contribution in [-0.2, 0) is 4.79 Å². The first-order valence-electron chi connectivity index (χ1n) is 9.72. The van der Waals surface area contributed by atoms with E-state index >= 15 is 0 Å². The van der Waals surface area contributed by atoms with Gasteiger partial charge in [0.15, 0.2) is 5.96 Å². The van der Waals surface area contributed by atoms with Gasteiger partial charge in [-0.15, -0.1) is 0 Å². The zero-order chi connectivity index (χ0) is 18.9. The molecule has 0 aromatic heterocycles. The molecule has 6 nitrogen and oxygen atoms in total. The second kappa shape index (κ2) is 10.00. The Bertz CT molecular complexity index is 434. The zero-order valence-electron chi connectivity index (χ0n) is 17.2. The molecule has 0 aliphatic carbocycles. The number of guanidine groups is 1. The standard InChI is InChI=1S/C19H39N5O/c1-7-20-17(22-12-11-21-16(25)18(2,3)4)23-15-19(5,6)24-13-9-8-10-14-24/h7-15H2,1-6H3,(H,21,25)(H2,20,22,23). The number of nitrogens with one attached hydrogen (secondary N) is 3. The van der Waals surface area contributed by atoms with E-state index in [1.54, 1.807) is 0 Å². The molecule has 25 heavy (non-hydrogen) atoms. The highest BCUT2D eigenvalue weighted by Gasteiger charge is 2.27. The number of rotatable bonds is 7. The monoisotopic (exact) mass is 353 g/mol. The largest absolute Gasteiger partial charge is 0.357 e. The van der Waals surface area contributed by atoms with Crippen LogP contribution in [0.2, 0.25) is 0 Å². The van der Waals surface area contributed by atoms with Gasteiger partial charge in [0, 0.05) is 30.6 Å². The molecule has 0 spiro atoms. The molecule has 0 saturated carbocycles. The molecular formula is C19H39N5O. The Morgan fingerprint density at radius 3 is 2.12 bits per heavy atom. The van der Waals surface area contributed by atoms with Crippen LogP contribution in [0.4, 0.5) is 0 Å². The number of hydrogen-bond acceptors (Lipinski definition) is 3. The van der Waals surface area contributed by atoms with Crippen LogP contribution in [-0.4, -0.2) is 61.6 Å². The lowest BCUT2D eigenvalue weighted by molar-refractivity contribution is -0.128. The molecule has 1 heterocycles. The maximum absolute atomic E-state index is 11.9. The highest BCUT2D eigenvalue weighted by molar-refractivity contribution is 5.81. The first kappa shape index (κ1) is 21.7. The van der Waals surface area contributed by atoms with Gasteiger partial charge >= 0.3 is 0 Å². The number of aliphatic imine (C=N–C) groups is 1. The number of likely N-dealkylation sites (tertiary alicyclic amines) is 1. The van der Waals surface area contributed by atoms with Gasteiger partial charge in [0.2, 0.25) is 5.91 Å². The van der Waals surface area contributed by atoms with Gasteiger partial charge in [0.1, 0.15) is 0 Å². The first-order valence-corrected chi connectivity index (χ1v) is 9.72. The molecule has 6 heteroatoms. The van der Waals surface area contributed by atoms with Crippen molar-refractivity contribution in [1.82, 2.24) is 20.9 Å². The smallest absolute Gasteiger partial charge is 0.225 e. The fourth-order valence-electron chi connectivity index (χ4n) is 2.84. The summed E-state index contributed by atoms with van der Waals surface area (Å²) in [5.74, 6) is 0.889. The molecule has 0 aromatic rings. The van der Waals surface area contributed by atoms with Crippen LogP contribution in [0.15, 0.2) is 4.99 Å². The second-order valence-electron chi connectivity index (χ2n) is 8.49. The topological polar surface area (TPSA) is 68.8 Å². The zero-order valence-corrected chi connectivity index (χ0v) is 17.2. The van der Waals surface area contributed by atoms with Crippen molar-refractivity contribution in [3.63, 3.8) is 0 Å². The van der Waals surface area contributed by atoms with Crippen molar-refractivity contribution >= 4 is 11.9 Å². The van der Waals surface area contributed by atoms with Gasteiger partial charge < -0.3 is 16.0 Å². The van der Waals surface area contributed by atoms with Crippen molar-refractivity contribution in [3.8, 4) is 0 Å². The maximum Gasteiger partial charge on any atom is 0.225 e. The van der Waals surface area contributed by atoms with Gasteiger partial charge in [-0.2, -0.15) is 0 Å². The predicted octanol–water partition coefficient (Wildman–Crippen LogP) is 1.97. The third kappa shape index (κ3) is 8.08. The van der Waals surface area contributed by atoms with E-state index in [1.165, 1.54) is 32.4 Å². The van der Waals surface area contributed by atoms with E-state index in [9.17, 15) is 4.79 Å². The number of amides is 1. The minimum absolute atomic E-state index is 0.0717. The SMILES string of the molecule is CCNC(=NCC(C)(C)N1CCCCC1)NCCNC(=O)C(C)(C)C. The molecular weight excluding hydrogens is 314 g/mol. The Morgan fingerprint density at radius 2 is 1.56 bits per heavy atom. The van der Waals surface area contributed by atoms with Crippen LogP contribution in [0.1, 0.15) is 60.8 Å². The minimum Gasteiger partial charge on any atom is -0.357 e. The van der Waals surface area contributed by atoms with Gasteiger partial charge in [0.25, 0.3) is 0 Å². The Hall–Kier alpha value is -1.30. The molecule has 1 fully saturated rings. The molecule has 1 aliphatic rings. The van der Waals surface area contributed by atoms with E-state index in [-0.39, 0.29) is 16.9 Å². The van der Waals surface area contributed by atoms with Crippen LogP contribution in [0.25, 0.3) is 0 Å². The molecule has 3 N–H and O–H groups in total. The van der Waals surface area contributed by atoms with Crippen LogP contribution in [0.3, 0.4) is 0 Å². The number of nitrogens with zero attached hydrogens (tertiary/aromatic N) is 2. The lowest BCUT2D eigenvalue weighted by Crippen LogP contribution is -2.50. The molecule has 0 aromatic carbocycles. The summed E-state index contributed by atoms with van der Waals surface area (Å²) in [5, 5.41) is 9.54. The summed E-state index contributed by atoms with van der Waals surface area (Å²) in [6, 6.07) is 0. The summed E-state index contributed by atoms with van der Waals surface area (Å²) < 4.78 is 0. The van der Waals surface area contributed by atoms with Gasteiger partial charge in [-0.1, -0.05) is 27.2 Å². The Kier molecular flexibility index (Phi) is 8.69. The average molecular weight is 354 g/mol. The number of hydrogen-bond donors (Lipinski definition) is 3. The molecule has 1 saturated heterocycles. The quantitative estimate of drug-likeness (QED) is 0.372. The predicted molar refractivity (Wildman–Crippen MR) is 106 cm³/mol. The van der Waals surface area contributed by atoms with Crippen molar-refractivity contribution in [3.05, 3.63) is 0 Å². The molecule has 1 amide bonds. The number of carbonyl (C=O) groups excluding carboxylic acids is 1. The van der Waals surface area contributed by atoms with Crippen LogP contribution in [0, 0.1) is 5.41 Å². The summed E-state index contributed by atoms with van der Waals surface area (Å²) in [7, 11) is 0. The fourth-order valence-corrected chi connectivity index (χ4v) is 2.84. The molecule has 146 valence electrons. The van der Waals surface area contributed by atoms with E-state index in [0.717, 1.165) is 19.0 Å². The van der Waals surface area contributed by atoms with Crippen molar-refractivity contribution in [2.45, 2.75) is 66.3 Å². The van der Waals surface area contributed by atoms with E-state index in [0.29, 0.717) is 13.1 Å². The lowest BCUT2D eigenvalue weighted by atomic mass is 9.96. The summed E-state index contributed by atoms with van der Waals surface area (Å²) in [6.07, 6.45) is 3.93. The van der Waals surface area contributed by atoms with E-state index in [1.807, 2.05) is 20.8 Å². The number of piperidine rings is 1. The van der Waals surface area contributed by atoms with E-state index < -0.39 is 0 Å². The molecule has 0 atom stereocenters. The van der Waals surface area contributed by atoms with Crippen LogP contribution in [0.5, 0.6) is 0 Å². The third-order valence-corrected chi connectivity index (χ3v) is 4.56. The highest BCUT2D eigenvalue weighted by atomic mass is 16.2. The average Bonchev–Trinajstić information content (AvgIpc) is 2.56. The fraction of sp³-hybridized carbons (Fsp3) is 0.895. The van der Waals surface area contributed by atoms with Crippen LogP contribution < -0.4 is 16.0 Å². The van der Waals surface area contributed by atoms with Gasteiger partial charge in [-0.3, -0.25) is 14.7 Å². The number of carbonyl (C=O) groups is 1. The molecule has 1 aliphatic heterocycles. The van der Waals surface area contributed by atoms with E-state index in [2.05, 4.69) is 41.6 Å². The summed E-state index contributed by atoms with van der Waals surface area (Å²) >= 11 is 0. The van der Waals surface area contributed by atoms with Crippen molar-refractivity contribution in [2.75, 3.05) is 39.3 Å². The molecule has 0 bridgehead atoms. The maximum atomic E-state index is 11.9. The van der Waals surface area contributed by atoms with Gasteiger partial charge in [-0.05, 0) is 46.7 Å². The molecule has 1 rings (SSSR count). The lowest BCUT2D eigenvalue weighted by Gasteiger charge is -2.40. The molecule has 0 unspecified atom stereocenters. The first-order chi connectivity index (χ1) is 11.7. The van der Waals surface area contributed by atoms with Gasteiger partial charge in [-0.25, -0.2) is 0 Å². The van der Waals surface area contributed by atoms with Crippen molar-refractivity contribution in [2.24, 2.45) is 10.4 Å². The van der Waals surface area contributed by atoms with Crippen LogP contribution >= 0.6 is 0 Å². The summed E-state index contributed by atoms with van der Waals surface area (Å²) in [5.41, 5.74) is -0.278. The van der Waals surface area contributed by atoms with Gasteiger partial charge in [0.05, 0.1) is 6.54 Å². The van der Waals surface area contributed by atoms with Crippen molar-refractivity contribution in [1.29, 1.82) is 0 Å². The van der Waals surface area contributed by atoms with Crippen molar-refractivity contribution < 1.29 is 4.79 Å². The highest BCUT2D eigenvalue weighted by Crippen LogP contribution is 2.20. The van der Waals surface area contributed by atoms with E-state index in [4.69, 9.17) is 4.99 Å². The second-order valence-corrected chi connectivity index (χ2v) is 8.49. The minimum atomic E-state index is -0.350. The molecule has 0 radical (unpaired) electrons. The Labute approximate surface area is 154 Å². The normalized spacial score (nSPS) is 17.3. The Balaban J connectivity index is 2.46.